The van der Waals surface area contributed by atoms with E-state index in [9.17, 15) is 4.79 Å². The van der Waals surface area contributed by atoms with E-state index in [1.165, 1.54) is 11.3 Å². The summed E-state index contributed by atoms with van der Waals surface area (Å²) < 4.78 is 15.7. The first-order valence-corrected chi connectivity index (χ1v) is 12.6. The van der Waals surface area contributed by atoms with Crippen LogP contribution in [0.3, 0.4) is 0 Å². The van der Waals surface area contributed by atoms with Crippen molar-refractivity contribution in [2.75, 3.05) is 50.3 Å². The third kappa shape index (κ3) is 5.05. The van der Waals surface area contributed by atoms with Crippen LogP contribution in [0.2, 0.25) is 0 Å². The molecule has 0 aromatic heterocycles. The number of nitrogens with two attached hydrogens (primary N) is 1. The highest BCUT2D eigenvalue weighted by Gasteiger charge is 2.45. The SMILES string of the molecule is Nc1cccc(CN2CCC(F)(C(=O)N3CCC(N4CCNc5ccccc5C4)CC3)CC2)c1. The monoisotopic (exact) mass is 465 g/mol. The average molecular weight is 466 g/mol. The van der Waals surface area contributed by atoms with Crippen molar-refractivity contribution in [1.82, 2.24) is 14.7 Å². The average Bonchev–Trinajstić information content (AvgIpc) is 3.08. The summed E-state index contributed by atoms with van der Waals surface area (Å²) in [6.07, 6.45) is 2.35. The Hall–Kier alpha value is -2.64. The Morgan fingerprint density at radius 1 is 1.03 bits per heavy atom. The Balaban J connectivity index is 1.12. The number of nitrogen functional groups attached to an aromatic ring is 1. The Morgan fingerprint density at radius 3 is 2.56 bits per heavy atom. The van der Waals surface area contributed by atoms with Gasteiger partial charge in [0.15, 0.2) is 5.67 Å². The van der Waals surface area contributed by atoms with Crippen LogP contribution in [-0.4, -0.2) is 71.6 Å². The maximum absolute atomic E-state index is 15.7. The topological polar surface area (TPSA) is 64.8 Å². The van der Waals surface area contributed by atoms with Crippen molar-refractivity contribution in [2.24, 2.45) is 0 Å². The number of nitrogens with one attached hydrogen (secondary N) is 1. The van der Waals surface area contributed by atoms with Gasteiger partial charge in [0.05, 0.1) is 0 Å². The minimum atomic E-state index is -1.73. The molecule has 0 radical (unpaired) electrons. The molecule has 34 heavy (non-hydrogen) atoms. The summed E-state index contributed by atoms with van der Waals surface area (Å²) in [5.41, 5.74) is 8.57. The number of hydrogen-bond donors (Lipinski definition) is 2. The van der Waals surface area contributed by atoms with Gasteiger partial charge in [0.1, 0.15) is 0 Å². The number of anilines is 2. The van der Waals surface area contributed by atoms with Crippen LogP contribution < -0.4 is 11.1 Å². The normalized spacial score (nSPS) is 22.0. The summed E-state index contributed by atoms with van der Waals surface area (Å²) >= 11 is 0. The molecule has 0 saturated carbocycles. The van der Waals surface area contributed by atoms with Crippen LogP contribution >= 0.6 is 0 Å². The van der Waals surface area contributed by atoms with Gasteiger partial charge in [0.25, 0.3) is 5.91 Å². The highest BCUT2D eigenvalue weighted by molar-refractivity contribution is 5.85. The van der Waals surface area contributed by atoms with Gasteiger partial charge in [-0.05, 0) is 42.2 Å². The minimum absolute atomic E-state index is 0.267. The number of alkyl halides is 1. The maximum atomic E-state index is 15.7. The number of benzene rings is 2. The summed E-state index contributed by atoms with van der Waals surface area (Å²) in [5.74, 6) is -0.294. The highest BCUT2D eigenvalue weighted by Crippen LogP contribution is 2.32. The molecule has 0 unspecified atom stereocenters. The number of nitrogens with zero attached hydrogens (tertiary/aromatic N) is 3. The van der Waals surface area contributed by atoms with Gasteiger partial charge < -0.3 is 16.0 Å². The maximum Gasteiger partial charge on any atom is 0.260 e. The number of hydrogen-bond acceptors (Lipinski definition) is 5. The van der Waals surface area contributed by atoms with E-state index in [0.29, 0.717) is 32.2 Å². The van der Waals surface area contributed by atoms with E-state index in [4.69, 9.17) is 5.73 Å². The molecule has 2 aromatic carbocycles. The number of carbonyl (C=O) groups excluding carboxylic acids is 1. The number of amides is 1. The summed E-state index contributed by atoms with van der Waals surface area (Å²) in [6, 6.07) is 16.7. The Bertz CT molecular complexity index is 998. The molecule has 0 bridgehead atoms. The lowest BCUT2D eigenvalue weighted by atomic mass is 9.90. The van der Waals surface area contributed by atoms with Gasteiger partial charge in [-0.15, -0.1) is 0 Å². The number of carbonyl (C=O) groups is 1. The van der Waals surface area contributed by atoms with E-state index in [1.807, 2.05) is 24.3 Å². The van der Waals surface area contributed by atoms with Gasteiger partial charge in [-0.1, -0.05) is 30.3 Å². The second-order valence-corrected chi connectivity index (χ2v) is 10.1. The summed E-state index contributed by atoms with van der Waals surface area (Å²) in [5, 5.41) is 3.52. The molecule has 3 heterocycles. The Labute approximate surface area is 201 Å². The predicted molar refractivity (Wildman–Crippen MR) is 134 cm³/mol. The lowest BCUT2D eigenvalue weighted by molar-refractivity contribution is -0.149. The molecule has 3 aliphatic heterocycles. The number of rotatable bonds is 4. The molecule has 182 valence electrons. The lowest BCUT2D eigenvalue weighted by Crippen LogP contribution is -2.55. The molecule has 0 aliphatic carbocycles. The highest BCUT2D eigenvalue weighted by atomic mass is 19.1. The molecule has 3 aliphatic rings. The third-order valence-corrected chi connectivity index (χ3v) is 7.76. The van der Waals surface area contributed by atoms with Gasteiger partial charge in [-0.25, -0.2) is 4.39 Å². The van der Waals surface area contributed by atoms with Crippen molar-refractivity contribution in [1.29, 1.82) is 0 Å². The second-order valence-electron chi connectivity index (χ2n) is 10.1. The first-order chi connectivity index (χ1) is 16.5. The zero-order valence-electron chi connectivity index (χ0n) is 19.9. The van der Waals surface area contributed by atoms with Crippen LogP contribution in [0, 0.1) is 0 Å². The number of fused-ring (bicyclic) bond motifs is 1. The van der Waals surface area contributed by atoms with Gasteiger partial charge in [-0.3, -0.25) is 14.6 Å². The van der Waals surface area contributed by atoms with E-state index < -0.39 is 5.67 Å². The Kier molecular flexibility index (Phi) is 6.75. The molecule has 0 spiro atoms. The molecular formula is C27H36FN5O. The van der Waals surface area contributed by atoms with E-state index in [2.05, 4.69) is 39.4 Å². The van der Waals surface area contributed by atoms with Crippen LogP contribution in [0.4, 0.5) is 15.8 Å². The summed E-state index contributed by atoms with van der Waals surface area (Å²) in [4.78, 5) is 19.7. The number of halogens is 1. The molecule has 5 rings (SSSR count). The van der Waals surface area contributed by atoms with Crippen molar-refractivity contribution in [2.45, 2.75) is 50.5 Å². The molecule has 2 fully saturated rings. The smallest absolute Gasteiger partial charge is 0.260 e. The summed E-state index contributed by atoms with van der Waals surface area (Å²) in [6.45, 7) is 6.06. The fourth-order valence-corrected chi connectivity index (χ4v) is 5.72. The predicted octanol–water partition coefficient (Wildman–Crippen LogP) is 3.49. The van der Waals surface area contributed by atoms with Crippen LogP contribution in [-0.2, 0) is 17.9 Å². The lowest BCUT2D eigenvalue weighted by Gasteiger charge is -2.42. The molecule has 3 N–H and O–H groups in total. The molecular weight excluding hydrogens is 429 g/mol. The number of likely N-dealkylation sites (tertiary alicyclic amines) is 2. The van der Waals surface area contributed by atoms with Crippen molar-refractivity contribution in [3.8, 4) is 0 Å². The summed E-state index contributed by atoms with van der Waals surface area (Å²) in [7, 11) is 0. The van der Waals surface area contributed by atoms with Crippen molar-refractivity contribution >= 4 is 17.3 Å². The van der Waals surface area contributed by atoms with Crippen molar-refractivity contribution in [3.05, 3.63) is 59.7 Å². The third-order valence-electron chi connectivity index (χ3n) is 7.76. The van der Waals surface area contributed by atoms with E-state index in [-0.39, 0.29) is 18.7 Å². The molecule has 6 nitrogen and oxygen atoms in total. The van der Waals surface area contributed by atoms with E-state index in [0.717, 1.165) is 50.3 Å². The van der Waals surface area contributed by atoms with Gasteiger partial charge in [0, 0.05) is 82.6 Å². The zero-order chi connectivity index (χ0) is 23.5. The largest absolute Gasteiger partial charge is 0.399 e. The van der Waals surface area contributed by atoms with Crippen LogP contribution in [0.1, 0.15) is 36.8 Å². The van der Waals surface area contributed by atoms with Crippen LogP contribution in [0.15, 0.2) is 48.5 Å². The zero-order valence-corrected chi connectivity index (χ0v) is 19.9. The van der Waals surface area contributed by atoms with E-state index in [1.54, 1.807) is 4.90 Å². The second kappa shape index (κ2) is 9.92. The molecule has 1 amide bonds. The molecule has 2 saturated heterocycles. The number of piperidine rings is 2. The Morgan fingerprint density at radius 2 is 1.79 bits per heavy atom. The van der Waals surface area contributed by atoms with E-state index >= 15 is 4.39 Å². The van der Waals surface area contributed by atoms with Crippen LogP contribution in [0.5, 0.6) is 0 Å². The number of para-hydroxylation sites is 1. The van der Waals surface area contributed by atoms with Gasteiger partial charge in [0.2, 0.25) is 0 Å². The van der Waals surface area contributed by atoms with Crippen molar-refractivity contribution in [3.63, 3.8) is 0 Å². The first-order valence-electron chi connectivity index (χ1n) is 12.6. The van der Waals surface area contributed by atoms with Crippen molar-refractivity contribution < 1.29 is 9.18 Å². The first kappa shape index (κ1) is 23.1. The molecule has 7 heteroatoms. The van der Waals surface area contributed by atoms with Gasteiger partial charge in [-0.2, -0.15) is 0 Å². The fraction of sp³-hybridized carbons (Fsp3) is 0.519. The standard InChI is InChI=1S/C27H36FN5O/c28-27(10-15-31(16-11-27)19-21-4-3-6-23(29)18-21)26(34)32-13-8-24(9-14-32)33-17-12-30-25-7-2-1-5-22(25)20-33/h1-7,18,24,30H,8-17,19-20,29H2. The van der Waals surface area contributed by atoms with Gasteiger partial charge >= 0.3 is 0 Å². The molecule has 0 atom stereocenters. The fourth-order valence-electron chi connectivity index (χ4n) is 5.72. The van der Waals surface area contributed by atoms with Crippen LogP contribution in [0.25, 0.3) is 0 Å². The minimum Gasteiger partial charge on any atom is -0.399 e. The quantitative estimate of drug-likeness (QED) is 0.677. The molecule has 2 aromatic rings.